The van der Waals surface area contributed by atoms with Gasteiger partial charge in [-0.05, 0) is 50.3 Å². The molecule has 0 aliphatic carbocycles. The minimum Gasteiger partial charge on any atom is -0.508 e. The van der Waals surface area contributed by atoms with Gasteiger partial charge in [-0.25, -0.2) is 0 Å². The van der Waals surface area contributed by atoms with Crippen molar-refractivity contribution in [3.05, 3.63) is 30.5 Å². The van der Waals surface area contributed by atoms with Gasteiger partial charge in [0.25, 0.3) is 0 Å². The van der Waals surface area contributed by atoms with Crippen LogP contribution < -0.4 is 0 Å². The van der Waals surface area contributed by atoms with Crippen LogP contribution in [0.25, 0.3) is 11.3 Å². The second-order valence-electron chi connectivity index (χ2n) is 9.54. The molecule has 176 valence electrons. The highest BCUT2D eigenvalue weighted by molar-refractivity contribution is 5.80. The Morgan fingerprint density at radius 2 is 2.00 bits per heavy atom. The van der Waals surface area contributed by atoms with Gasteiger partial charge in [0, 0.05) is 31.2 Å². The fraction of sp³-hybridized carbons (Fsp3) is 0.583. The van der Waals surface area contributed by atoms with Crippen LogP contribution in [0.5, 0.6) is 5.75 Å². The van der Waals surface area contributed by atoms with E-state index in [0.29, 0.717) is 37.9 Å². The van der Waals surface area contributed by atoms with Gasteiger partial charge < -0.3 is 14.7 Å². The molecule has 0 radical (unpaired) electrons. The number of benzene rings is 1. The number of likely N-dealkylation sites (tertiary alicyclic amines) is 1. The third-order valence-corrected chi connectivity index (χ3v) is 7.62. The maximum atomic E-state index is 13.3. The molecule has 9 heteroatoms. The lowest BCUT2D eigenvalue weighted by Gasteiger charge is -2.50. The van der Waals surface area contributed by atoms with E-state index >= 15 is 0 Å². The van der Waals surface area contributed by atoms with E-state index in [0.717, 1.165) is 43.7 Å². The number of hydrogen-bond donors (Lipinski definition) is 1. The molecule has 2 aromatic rings. The third kappa shape index (κ3) is 4.46. The number of phenolic OH excluding ortho intramolecular Hbond substituents is 1. The van der Waals surface area contributed by atoms with E-state index in [1.807, 2.05) is 21.8 Å². The summed E-state index contributed by atoms with van der Waals surface area (Å²) in [6.45, 7) is 3.83. The van der Waals surface area contributed by atoms with Gasteiger partial charge in [0.2, 0.25) is 5.91 Å². The van der Waals surface area contributed by atoms with Crippen molar-refractivity contribution in [3.8, 4) is 17.0 Å². The number of fused-ring (bicyclic) bond motifs is 3. The molecule has 1 unspecified atom stereocenters. The average molecular weight is 454 g/mol. The van der Waals surface area contributed by atoms with Crippen LogP contribution in [0, 0.1) is 17.8 Å². The zero-order chi connectivity index (χ0) is 22.9. The Morgan fingerprint density at radius 1 is 1.18 bits per heavy atom. The topological polar surface area (TPSA) is 101 Å². The molecule has 33 heavy (non-hydrogen) atoms. The monoisotopic (exact) mass is 453 g/mol. The summed E-state index contributed by atoms with van der Waals surface area (Å²) in [5.74, 6) is 0.653. The summed E-state index contributed by atoms with van der Waals surface area (Å²) in [4.78, 5) is 29.4. The molecule has 0 saturated carbocycles. The van der Waals surface area contributed by atoms with Crippen LogP contribution >= 0.6 is 0 Å². The lowest BCUT2D eigenvalue weighted by atomic mass is 9.74. The number of nitrogens with zero attached hydrogens (tertiary/aromatic N) is 5. The van der Waals surface area contributed by atoms with E-state index < -0.39 is 0 Å². The largest absolute Gasteiger partial charge is 0.508 e. The van der Waals surface area contributed by atoms with E-state index in [2.05, 4.69) is 15.2 Å². The number of amides is 1. The number of phenols is 1. The van der Waals surface area contributed by atoms with Crippen molar-refractivity contribution in [3.63, 3.8) is 0 Å². The average Bonchev–Trinajstić information content (AvgIpc) is 3.32. The van der Waals surface area contributed by atoms with Gasteiger partial charge in [-0.3, -0.25) is 19.2 Å². The number of piperidine rings is 4. The van der Waals surface area contributed by atoms with Crippen molar-refractivity contribution in [2.45, 2.75) is 38.3 Å². The second kappa shape index (κ2) is 9.13. The Kier molecular flexibility index (Phi) is 6.05. The van der Waals surface area contributed by atoms with E-state index in [-0.39, 0.29) is 29.5 Å². The molecular formula is C24H31N5O4. The number of rotatable bonds is 5. The summed E-state index contributed by atoms with van der Waals surface area (Å²) in [6, 6.07) is 7.37. The molecule has 2 bridgehead atoms. The molecule has 1 aromatic carbocycles. The number of methoxy groups -OCH3 is 1. The summed E-state index contributed by atoms with van der Waals surface area (Å²) >= 11 is 0. The van der Waals surface area contributed by atoms with Crippen LogP contribution in [0.4, 0.5) is 0 Å². The van der Waals surface area contributed by atoms with Gasteiger partial charge in [-0.15, -0.1) is 5.10 Å². The molecule has 5 heterocycles. The Bertz CT molecular complexity index is 1020. The first-order chi connectivity index (χ1) is 16.0. The third-order valence-electron chi connectivity index (χ3n) is 7.62. The first-order valence-corrected chi connectivity index (χ1v) is 11.8. The Morgan fingerprint density at radius 3 is 2.70 bits per heavy atom. The Balaban J connectivity index is 1.18. The fourth-order valence-electron chi connectivity index (χ4n) is 5.75. The van der Waals surface area contributed by atoms with Gasteiger partial charge in [0.15, 0.2) is 0 Å². The zero-order valence-electron chi connectivity index (χ0n) is 19.0. The second-order valence-corrected chi connectivity index (χ2v) is 9.54. The Labute approximate surface area is 193 Å². The smallest absolute Gasteiger partial charge is 0.308 e. The van der Waals surface area contributed by atoms with E-state index in [9.17, 15) is 14.7 Å². The van der Waals surface area contributed by atoms with Crippen molar-refractivity contribution >= 4 is 11.9 Å². The maximum absolute atomic E-state index is 13.3. The van der Waals surface area contributed by atoms with Crippen LogP contribution in [0.15, 0.2) is 30.5 Å². The summed E-state index contributed by atoms with van der Waals surface area (Å²) in [5, 5.41) is 18.3. The molecule has 4 fully saturated rings. The summed E-state index contributed by atoms with van der Waals surface area (Å²) in [5.41, 5.74) is 1.58. The molecule has 9 nitrogen and oxygen atoms in total. The fourth-order valence-corrected chi connectivity index (χ4v) is 5.75. The molecule has 0 spiro atoms. The molecule has 4 aliphatic rings. The minimum absolute atomic E-state index is 0.0447. The molecule has 1 aromatic heterocycles. The van der Waals surface area contributed by atoms with E-state index in [1.165, 1.54) is 7.11 Å². The van der Waals surface area contributed by atoms with Crippen LogP contribution in [-0.4, -0.2) is 81.1 Å². The van der Waals surface area contributed by atoms with Crippen molar-refractivity contribution in [1.29, 1.82) is 0 Å². The van der Waals surface area contributed by atoms with Gasteiger partial charge in [0.05, 0.1) is 31.7 Å². The molecule has 1 N–H and O–H groups in total. The highest BCUT2D eigenvalue weighted by Crippen LogP contribution is 2.38. The zero-order valence-corrected chi connectivity index (χ0v) is 19.0. The normalized spacial score (nSPS) is 27.5. The highest BCUT2D eigenvalue weighted by atomic mass is 16.5. The van der Waals surface area contributed by atoms with E-state index in [4.69, 9.17) is 4.74 Å². The van der Waals surface area contributed by atoms with Gasteiger partial charge in [-0.1, -0.05) is 17.3 Å². The van der Waals surface area contributed by atoms with Gasteiger partial charge in [0.1, 0.15) is 11.4 Å². The lowest BCUT2D eigenvalue weighted by molar-refractivity contribution is -0.152. The number of aromatic hydroxyl groups is 1. The standard InChI is InChI=1S/C24H31N5O4/c1-33-24(32)16-5-8-27(9-6-16)23(31)21-14-28-10-7-17(21)11-19(28)13-29-15-22(25-26-29)18-3-2-4-20(30)12-18/h2-4,12,15-17,19,21,30H,5-11,13-14H2,1H3/t17-,19+,21+/m0/s1. The Hall–Kier alpha value is -2.94. The maximum Gasteiger partial charge on any atom is 0.308 e. The SMILES string of the molecule is COC(=O)C1CCN(C(=O)[C@@H]2CN3CC[C@H]2C[C@@H]3Cn2cc(-c3cccc(O)c3)nn2)CC1. The minimum atomic E-state index is -0.159. The van der Waals surface area contributed by atoms with Crippen molar-refractivity contribution in [2.75, 3.05) is 33.3 Å². The number of aromatic nitrogens is 3. The van der Waals surface area contributed by atoms with Crippen LogP contribution in [0.1, 0.15) is 25.7 Å². The number of ether oxygens (including phenoxy) is 1. The van der Waals surface area contributed by atoms with Crippen molar-refractivity contribution < 1.29 is 19.4 Å². The van der Waals surface area contributed by atoms with Crippen LogP contribution in [0.3, 0.4) is 0 Å². The molecule has 4 aliphatic heterocycles. The predicted molar refractivity (Wildman–Crippen MR) is 120 cm³/mol. The number of hydrogen-bond acceptors (Lipinski definition) is 7. The molecular weight excluding hydrogens is 422 g/mol. The number of carbonyl (C=O) groups is 2. The van der Waals surface area contributed by atoms with Crippen LogP contribution in [-0.2, 0) is 20.9 Å². The molecule has 4 atom stereocenters. The number of carbonyl (C=O) groups excluding carboxylic acids is 2. The highest BCUT2D eigenvalue weighted by Gasteiger charge is 2.45. The van der Waals surface area contributed by atoms with Crippen molar-refractivity contribution in [1.82, 2.24) is 24.8 Å². The van der Waals surface area contributed by atoms with Crippen LogP contribution in [0.2, 0.25) is 0 Å². The molecule has 6 rings (SSSR count). The van der Waals surface area contributed by atoms with Gasteiger partial charge in [-0.2, -0.15) is 0 Å². The molecule has 1 amide bonds. The molecule has 4 saturated heterocycles. The first-order valence-electron chi connectivity index (χ1n) is 11.8. The quantitative estimate of drug-likeness (QED) is 0.689. The summed E-state index contributed by atoms with van der Waals surface area (Å²) in [7, 11) is 1.43. The predicted octanol–water partition coefficient (Wildman–Crippen LogP) is 1.77. The lowest BCUT2D eigenvalue weighted by Crippen LogP contribution is -2.59. The summed E-state index contributed by atoms with van der Waals surface area (Å²) < 4.78 is 6.74. The summed E-state index contributed by atoms with van der Waals surface area (Å²) in [6.07, 6.45) is 5.34. The van der Waals surface area contributed by atoms with E-state index in [1.54, 1.807) is 18.2 Å². The van der Waals surface area contributed by atoms with Crippen molar-refractivity contribution in [2.24, 2.45) is 17.8 Å². The van der Waals surface area contributed by atoms with Gasteiger partial charge >= 0.3 is 5.97 Å². The number of esters is 1. The first kappa shape index (κ1) is 21.9.